The van der Waals surface area contributed by atoms with Gasteiger partial charge in [-0.2, -0.15) is 0 Å². The number of para-hydroxylation sites is 1. The van der Waals surface area contributed by atoms with Crippen LogP contribution in [0.4, 0.5) is 5.69 Å². The Morgan fingerprint density at radius 2 is 1.85 bits per heavy atom. The summed E-state index contributed by atoms with van der Waals surface area (Å²) < 4.78 is 5.60. The second-order valence-corrected chi connectivity index (χ2v) is 4.64. The van der Waals surface area contributed by atoms with Gasteiger partial charge in [0.2, 0.25) is 5.75 Å². The first-order valence-electron chi connectivity index (χ1n) is 6.26. The molecule has 2 aromatic rings. The fraction of sp³-hybridized carbons (Fsp3) is 0.200. The lowest BCUT2D eigenvalue weighted by atomic mass is 10.1. The van der Waals surface area contributed by atoms with Gasteiger partial charge < -0.3 is 10.5 Å². The SMILES string of the molecule is Cc1cccc(Oc2ccc(C(C)N)cc2)c1[N+](=O)[O-]. The van der Waals surface area contributed by atoms with Crippen molar-refractivity contribution in [2.45, 2.75) is 19.9 Å². The summed E-state index contributed by atoms with van der Waals surface area (Å²) in [6.07, 6.45) is 0. The number of nitrogens with zero attached hydrogens (tertiary/aromatic N) is 1. The second-order valence-electron chi connectivity index (χ2n) is 4.64. The molecule has 0 heterocycles. The summed E-state index contributed by atoms with van der Waals surface area (Å²) >= 11 is 0. The molecular formula is C15H16N2O3. The largest absolute Gasteiger partial charge is 0.450 e. The molecule has 1 unspecified atom stereocenters. The predicted octanol–water partition coefficient (Wildman–Crippen LogP) is 3.72. The fourth-order valence-electron chi connectivity index (χ4n) is 1.91. The van der Waals surface area contributed by atoms with Crippen molar-refractivity contribution < 1.29 is 9.66 Å². The van der Waals surface area contributed by atoms with Crippen LogP contribution in [0.5, 0.6) is 11.5 Å². The molecule has 0 aliphatic heterocycles. The van der Waals surface area contributed by atoms with Crippen molar-refractivity contribution in [3.63, 3.8) is 0 Å². The fourth-order valence-corrected chi connectivity index (χ4v) is 1.91. The maximum absolute atomic E-state index is 11.1. The smallest absolute Gasteiger partial charge is 0.314 e. The van der Waals surface area contributed by atoms with Gasteiger partial charge in [0.05, 0.1) is 4.92 Å². The normalized spacial score (nSPS) is 11.9. The average Bonchev–Trinajstić information content (AvgIpc) is 2.39. The molecule has 2 N–H and O–H groups in total. The van der Waals surface area contributed by atoms with Gasteiger partial charge in [-0.1, -0.05) is 24.3 Å². The van der Waals surface area contributed by atoms with Crippen LogP contribution in [0, 0.1) is 17.0 Å². The quantitative estimate of drug-likeness (QED) is 0.679. The summed E-state index contributed by atoms with van der Waals surface area (Å²) in [7, 11) is 0. The molecule has 5 heteroatoms. The van der Waals surface area contributed by atoms with E-state index >= 15 is 0 Å². The minimum Gasteiger partial charge on any atom is -0.450 e. The summed E-state index contributed by atoms with van der Waals surface area (Å²) in [6.45, 7) is 3.57. The third-order valence-corrected chi connectivity index (χ3v) is 3.02. The lowest BCUT2D eigenvalue weighted by Crippen LogP contribution is -2.04. The van der Waals surface area contributed by atoms with E-state index in [2.05, 4.69) is 0 Å². The van der Waals surface area contributed by atoms with E-state index in [0.717, 1.165) is 5.56 Å². The maximum Gasteiger partial charge on any atom is 0.314 e. The Bertz CT molecular complexity index is 622. The van der Waals surface area contributed by atoms with Crippen LogP contribution in [0.1, 0.15) is 24.1 Å². The Kier molecular flexibility index (Phi) is 4.00. The summed E-state index contributed by atoms with van der Waals surface area (Å²) in [4.78, 5) is 10.7. The van der Waals surface area contributed by atoms with Crippen LogP contribution in [0.25, 0.3) is 0 Å². The van der Waals surface area contributed by atoms with Crippen LogP contribution in [0.3, 0.4) is 0 Å². The van der Waals surface area contributed by atoms with Gasteiger partial charge in [0.15, 0.2) is 0 Å². The minimum absolute atomic E-state index is 0.0104. The molecular weight excluding hydrogens is 256 g/mol. The summed E-state index contributed by atoms with van der Waals surface area (Å²) in [5.74, 6) is 0.784. The van der Waals surface area contributed by atoms with Crippen molar-refractivity contribution in [3.8, 4) is 11.5 Å². The molecule has 0 amide bonds. The second kappa shape index (κ2) is 5.71. The van der Waals surface area contributed by atoms with Crippen LogP contribution >= 0.6 is 0 Å². The molecule has 0 fully saturated rings. The lowest BCUT2D eigenvalue weighted by Gasteiger charge is -2.09. The molecule has 1 atom stereocenters. The van der Waals surface area contributed by atoms with Crippen molar-refractivity contribution in [3.05, 3.63) is 63.7 Å². The molecule has 0 radical (unpaired) electrons. The summed E-state index contributed by atoms with van der Waals surface area (Å²) in [5, 5.41) is 11.1. The zero-order valence-corrected chi connectivity index (χ0v) is 11.4. The highest BCUT2D eigenvalue weighted by Gasteiger charge is 2.18. The summed E-state index contributed by atoms with van der Waals surface area (Å²) in [5.41, 5.74) is 7.31. The first-order chi connectivity index (χ1) is 9.49. The monoisotopic (exact) mass is 272 g/mol. The van der Waals surface area contributed by atoms with Crippen molar-refractivity contribution in [1.82, 2.24) is 0 Å². The highest BCUT2D eigenvalue weighted by Crippen LogP contribution is 2.34. The third-order valence-electron chi connectivity index (χ3n) is 3.02. The Hall–Kier alpha value is -2.40. The Morgan fingerprint density at radius 3 is 2.40 bits per heavy atom. The molecule has 0 spiro atoms. The molecule has 2 aromatic carbocycles. The lowest BCUT2D eigenvalue weighted by molar-refractivity contribution is -0.386. The van der Waals surface area contributed by atoms with Crippen LogP contribution in [-0.4, -0.2) is 4.92 Å². The number of hydrogen-bond acceptors (Lipinski definition) is 4. The molecule has 0 aliphatic rings. The van der Waals surface area contributed by atoms with Crippen LogP contribution in [0.2, 0.25) is 0 Å². The predicted molar refractivity (Wildman–Crippen MR) is 77.0 cm³/mol. The van der Waals surface area contributed by atoms with E-state index in [0.29, 0.717) is 11.3 Å². The molecule has 0 aliphatic carbocycles. The van der Waals surface area contributed by atoms with Crippen molar-refractivity contribution in [2.75, 3.05) is 0 Å². The van der Waals surface area contributed by atoms with E-state index < -0.39 is 4.92 Å². The van der Waals surface area contributed by atoms with Crippen molar-refractivity contribution >= 4 is 5.69 Å². The van der Waals surface area contributed by atoms with Gasteiger partial charge in [-0.25, -0.2) is 0 Å². The highest BCUT2D eigenvalue weighted by molar-refractivity contribution is 5.53. The van der Waals surface area contributed by atoms with Crippen molar-refractivity contribution in [2.24, 2.45) is 5.73 Å². The first kappa shape index (κ1) is 14.0. The number of aryl methyl sites for hydroxylation is 1. The molecule has 0 bridgehead atoms. The first-order valence-corrected chi connectivity index (χ1v) is 6.26. The van der Waals surface area contributed by atoms with Crippen LogP contribution < -0.4 is 10.5 Å². The van der Waals surface area contributed by atoms with Gasteiger partial charge in [0.1, 0.15) is 5.75 Å². The zero-order chi connectivity index (χ0) is 14.7. The maximum atomic E-state index is 11.1. The highest BCUT2D eigenvalue weighted by atomic mass is 16.6. The van der Waals surface area contributed by atoms with E-state index in [1.54, 1.807) is 37.3 Å². The van der Waals surface area contributed by atoms with E-state index in [1.807, 2.05) is 19.1 Å². The zero-order valence-electron chi connectivity index (χ0n) is 11.4. The van der Waals surface area contributed by atoms with E-state index in [4.69, 9.17) is 10.5 Å². The van der Waals surface area contributed by atoms with Gasteiger partial charge in [0, 0.05) is 11.6 Å². The molecule has 2 rings (SSSR count). The van der Waals surface area contributed by atoms with Gasteiger partial charge in [-0.15, -0.1) is 0 Å². The molecule has 104 valence electrons. The Labute approximate surface area is 117 Å². The third kappa shape index (κ3) is 2.95. The minimum atomic E-state index is -0.430. The van der Waals surface area contributed by atoms with Crippen molar-refractivity contribution in [1.29, 1.82) is 0 Å². The number of nitro benzene ring substituents is 1. The number of ether oxygens (including phenoxy) is 1. The van der Waals surface area contributed by atoms with E-state index in [1.165, 1.54) is 0 Å². The number of benzene rings is 2. The molecule has 0 saturated heterocycles. The van der Waals surface area contributed by atoms with E-state index in [9.17, 15) is 10.1 Å². The molecule has 0 saturated carbocycles. The van der Waals surface area contributed by atoms with Crippen LogP contribution in [-0.2, 0) is 0 Å². The number of nitrogens with two attached hydrogens (primary N) is 1. The Morgan fingerprint density at radius 1 is 1.20 bits per heavy atom. The molecule has 20 heavy (non-hydrogen) atoms. The van der Waals surface area contributed by atoms with Gasteiger partial charge in [0.25, 0.3) is 0 Å². The number of hydrogen-bond donors (Lipinski definition) is 1. The number of nitro groups is 1. The van der Waals surface area contributed by atoms with Gasteiger partial charge in [-0.3, -0.25) is 10.1 Å². The topological polar surface area (TPSA) is 78.4 Å². The Balaban J connectivity index is 2.30. The van der Waals surface area contributed by atoms with Gasteiger partial charge in [-0.05, 0) is 37.6 Å². The number of rotatable bonds is 4. The summed E-state index contributed by atoms with van der Waals surface area (Å²) in [6, 6.07) is 12.2. The van der Waals surface area contributed by atoms with Crippen LogP contribution in [0.15, 0.2) is 42.5 Å². The van der Waals surface area contributed by atoms with E-state index in [-0.39, 0.29) is 17.5 Å². The van der Waals surface area contributed by atoms with Gasteiger partial charge >= 0.3 is 5.69 Å². The molecule has 5 nitrogen and oxygen atoms in total. The average molecular weight is 272 g/mol. The molecule has 0 aromatic heterocycles. The standard InChI is InChI=1S/C15H16N2O3/c1-10-4-3-5-14(15(10)17(18)19)20-13-8-6-12(7-9-13)11(2)16/h3-9,11H,16H2,1-2H3.